The number of ketones is 1. The van der Waals surface area contributed by atoms with Gasteiger partial charge in [-0.1, -0.05) is 11.6 Å². The number of hydrogen-bond acceptors (Lipinski definition) is 2. The number of methoxy groups -OCH3 is 1. The first-order valence-corrected chi connectivity index (χ1v) is 5.63. The van der Waals surface area contributed by atoms with Crippen molar-refractivity contribution in [3.8, 4) is 5.75 Å². The van der Waals surface area contributed by atoms with E-state index < -0.39 is 0 Å². The summed E-state index contributed by atoms with van der Waals surface area (Å²) in [6.45, 7) is 0. The van der Waals surface area contributed by atoms with Crippen LogP contribution in [0.25, 0.3) is 0 Å². The molecule has 0 aliphatic carbocycles. The number of rotatable bonds is 3. The predicted molar refractivity (Wildman–Crippen MR) is 67.8 cm³/mol. The number of benzene rings is 2. The molecule has 0 atom stereocenters. The highest BCUT2D eigenvalue weighted by Crippen LogP contribution is 2.25. The Morgan fingerprint density at radius 1 is 1.17 bits per heavy atom. The van der Waals surface area contributed by atoms with Crippen LogP contribution in [0.15, 0.2) is 42.5 Å². The zero-order chi connectivity index (χ0) is 13.1. The highest BCUT2D eigenvalue weighted by atomic mass is 35.5. The highest BCUT2D eigenvalue weighted by molar-refractivity contribution is 6.31. The van der Waals surface area contributed by atoms with Gasteiger partial charge in [0.25, 0.3) is 0 Å². The van der Waals surface area contributed by atoms with E-state index in [1.54, 1.807) is 12.1 Å². The summed E-state index contributed by atoms with van der Waals surface area (Å²) >= 11 is 5.86. The number of halogens is 2. The molecule has 0 aliphatic heterocycles. The normalized spacial score (nSPS) is 10.2. The summed E-state index contributed by atoms with van der Waals surface area (Å²) in [5.41, 5.74) is 0.744. The van der Waals surface area contributed by atoms with E-state index in [2.05, 4.69) is 0 Å². The molecule has 0 radical (unpaired) electrons. The molecule has 4 heteroatoms. The van der Waals surface area contributed by atoms with E-state index in [-0.39, 0.29) is 11.6 Å². The minimum absolute atomic E-state index is 0.255. The molecule has 0 aliphatic rings. The standard InChI is InChI=1S/C14H10ClFO2/c1-18-13-7-4-10(15)8-12(13)14(17)9-2-5-11(16)6-3-9/h2-8H,1H3. The van der Waals surface area contributed by atoms with Gasteiger partial charge in [0.05, 0.1) is 12.7 Å². The molecule has 18 heavy (non-hydrogen) atoms. The van der Waals surface area contributed by atoms with Gasteiger partial charge in [0, 0.05) is 10.6 Å². The molecular formula is C14H10ClFO2. The highest BCUT2D eigenvalue weighted by Gasteiger charge is 2.14. The van der Waals surface area contributed by atoms with E-state index in [1.165, 1.54) is 37.4 Å². The Balaban J connectivity index is 2.45. The first-order valence-electron chi connectivity index (χ1n) is 5.25. The van der Waals surface area contributed by atoms with Crippen LogP contribution in [-0.2, 0) is 0 Å². The van der Waals surface area contributed by atoms with Crippen molar-refractivity contribution in [2.75, 3.05) is 7.11 Å². The van der Waals surface area contributed by atoms with E-state index >= 15 is 0 Å². The first-order chi connectivity index (χ1) is 8.61. The average molecular weight is 265 g/mol. The third-order valence-corrected chi connectivity index (χ3v) is 2.75. The van der Waals surface area contributed by atoms with Crippen molar-refractivity contribution in [3.63, 3.8) is 0 Å². The third-order valence-electron chi connectivity index (χ3n) is 2.51. The second kappa shape index (κ2) is 5.19. The molecule has 2 nitrogen and oxygen atoms in total. The molecule has 0 fully saturated rings. The van der Waals surface area contributed by atoms with Crippen LogP contribution in [0.2, 0.25) is 5.02 Å². The van der Waals surface area contributed by atoms with Crippen molar-refractivity contribution < 1.29 is 13.9 Å². The minimum Gasteiger partial charge on any atom is -0.496 e. The summed E-state index contributed by atoms with van der Waals surface area (Å²) in [4.78, 5) is 12.2. The molecule has 92 valence electrons. The summed E-state index contributed by atoms with van der Waals surface area (Å²) < 4.78 is 17.9. The fourth-order valence-electron chi connectivity index (χ4n) is 1.61. The van der Waals surface area contributed by atoms with Gasteiger partial charge in [0.1, 0.15) is 11.6 Å². The number of carbonyl (C=O) groups is 1. The van der Waals surface area contributed by atoms with Crippen LogP contribution in [0.1, 0.15) is 15.9 Å². The maximum Gasteiger partial charge on any atom is 0.196 e. The predicted octanol–water partition coefficient (Wildman–Crippen LogP) is 3.72. The molecule has 0 heterocycles. The molecule has 0 aromatic heterocycles. The molecule has 2 aromatic rings. The van der Waals surface area contributed by atoms with Gasteiger partial charge in [-0.15, -0.1) is 0 Å². The maximum atomic E-state index is 12.8. The van der Waals surface area contributed by atoms with Crippen LogP contribution in [0.5, 0.6) is 5.75 Å². The summed E-state index contributed by atoms with van der Waals surface area (Å²) in [5, 5.41) is 0.446. The van der Waals surface area contributed by atoms with Crippen molar-refractivity contribution in [1.29, 1.82) is 0 Å². The Morgan fingerprint density at radius 2 is 1.83 bits per heavy atom. The molecule has 2 aromatic carbocycles. The molecule has 2 rings (SSSR count). The Morgan fingerprint density at radius 3 is 2.44 bits per heavy atom. The quantitative estimate of drug-likeness (QED) is 0.790. The molecule has 0 saturated heterocycles. The molecule has 0 N–H and O–H groups in total. The topological polar surface area (TPSA) is 26.3 Å². The van der Waals surface area contributed by atoms with Crippen molar-refractivity contribution in [2.45, 2.75) is 0 Å². The van der Waals surface area contributed by atoms with Gasteiger partial charge in [-0.2, -0.15) is 0 Å². The molecule has 0 saturated carbocycles. The van der Waals surface area contributed by atoms with Crippen LogP contribution in [0, 0.1) is 5.82 Å². The lowest BCUT2D eigenvalue weighted by Gasteiger charge is -2.08. The SMILES string of the molecule is COc1ccc(Cl)cc1C(=O)c1ccc(F)cc1. The van der Waals surface area contributed by atoms with Crippen molar-refractivity contribution in [1.82, 2.24) is 0 Å². The van der Waals surface area contributed by atoms with Gasteiger partial charge >= 0.3 is 0 Å². The van der Waals surface area contributed by atoms with E-state index in [0.717, 1.165) is 0 Å². The van der Waals surface area contributed by atoms with Crippen molar-refractivity contribution in [2.24, 2.45) is 0 Å². The fourth-order valence-corrected chi connectivity index (χ4v) is 1.79. The van der Waals surface area contributed by atoms with Crippen LogP contribution in [0.4, 0.5) is 4.39 Å². The number of ether oxygens (including phenoxy) is 1. The van der Waals surface area contributed by atoms with Crippen LogP contribution in [-0.4, -0.2) is 12.9 Å². The Kier molecular flexibility index (Phi) is 3.63. The van der Waals surface area contributed by atoms with Gasteiger partial charge in [0.15, 0.2) is 5.78 Å². The summed E-state index contributed by atoms with van der Waals surface area (Å²) in [5.74, 6) is -0.201. The van der Waals surface area contributed by atoms with Crippen molar-refractivity contribution >= 4 is 17.4 Å². The van der Waals surface area contributed by atoms with E-state index in [9.17, 15) is 9.18 Å². The van der Waals surface area contributed by atoms with Gasteiger partial charge in [-0.05, 0) is 42.5 Å². The first kappa shape index (κ1) is 12.6. The van der Waals surface area contributed by atoms with Gasteiger partial charge in [-0.25, -0.2) is 4.39 Å². The van der Waals surface area contributed by atoms with E-state index in [1.807, 2.05) is 0 Å². The number of hydrogen-bond donors (Lipinski definition) is 0. The summed E-state index contributed by atoms with van der Waals surface area (Å²) in [6, 6.07) is 10.1. The lowest BCUT2D eigenvalue weighted by atomic mass is 10.0. The lowest BCUT2D eigenvalue weighted by molar-refractivity contribution is 0.103. The van der Waals surface area contributed by atoms with Crippen LogP contribution >= 0.6 is 11.6 Å². The Labute approximate surface area is 109 Å². The van der Waals surface area contributed by atoms with Crippen LogP contribution < -0.4 is 4.74 Å². The summed E-state index contributed by atoms with van der Waals surface area (Å²) in [7, 11) is 1.48. The zero-order valence-corrected chi connectivity index (χ0v) is 10.4. The Hall–Kier alpha value is -1.87. The lowest BCUT2D eigenvalue weighted by Crippen LogP contribution is -2.04. The molecule has 0 unspecified atom stereocenters. The summed E-state index contributed by atoms with van der Waals surface area (Å²) in [6.07, 6.45) is 0. The largest absolute Gasteiger partial charge is 0.496 e. The monoisotopic (exact) mass is 264 g/mol. The van der Waals surface area contributed by atoms with Crippen molar-refractivity contribution in [3.05, 3.63) is 64.4 Å². The second-order valence-electron chi connectivity index (χ2n) is 3.68. The fraction of sp³-hybridized carbons (Fsp3) is 0.0714. The number of carbonyl (C=O) groups excluding carboxylic acids is 1. The van der Waals surface area contributed by atoms with Crippen LogP contribution in [0.3, 0.4) is 0 Å². The van der Waals surface area contributed by atoms with Gasteiger partial charge in [0.2, 0.25) is 0 Å². The maximum absolute atomic E-state index is 12.8. The Bertz CT molecular complexity index is 579. The van der Waals surface area contributed by atoms with E-state index in [0.29, 0.717) is 21.9 Å². The third kappa shape index (κ3) is 2.51. The smallest absolute Gasteiger partial charge is 0.196 e. The zero-order valence-electron chi connectivity index (χ0n) is 9.61. The van der Waals surface area contributed by atoms with Gasteiger partial charge in [-0.3, -0.25) is 4.79 Å². The van der Waals surface area contributed by atoms with Gasteiger partial charge < -0.3 is 4.74 Å². The van der Waals surface area contributed by atoms with E-state index in [4.69, 9.17) is 16.3 Å². The molecule has 0 spiro atoms. The average Bonchev–Trinajstić information content (AvgIpc) is 2.39. The minimum atomic E-state index is -0.385. The molecular weight excluding hydrogens is 255 g/mol. The molecule has 0 bridgehead atoms. The molecule has 0 amide bonds. The second-order valence-corrected chi connectivity index (χ2v) is 4.12.